The topological polar surface area (TPSA) is 52.6 Å². The molecule has 0 aromatic carbocycles. The van der Waals surface area contributed by atoms with E-state index in [4.69, 9.17) is 9.47 Å². The number of unbranched alkanes of at least 4 members (excludes halogenated alkanes) is 15. The number of carbonyl (C=O) groups is 2. The van der Waals surface area contributed by atoms with Crippen molar-refractivity contribution in [2.24, 2.45) is 0 Å². The second-order valence-electron chi connectivity index (χ2n) is 8.68. The molecular formula is C27H50O4. The Morgan fingerprint density at radius 3 is 1.39 bits per heavy atom. The minimum Gasteiger partial charge on any atom is -0.466 e. The Morgan fingerprint density at radius 1 is 0.581 bits per heavy atom. The molecule has 0 aliphatic rings. The van der Waals surface area contributed by atoms with Crippen LogP contribution >= 0.6 is 0 Å². The summed E-state index contributed by atoms with van der Waals surface area (Å²) in [6.45, 7) is 6.83. The van der Waals surface area contributed by atoms with Gasteiger partial charge < -0.3 is 9.47 Å². The lowest BCUT2D eigenvalue weighted by Gasteiger charge is -2.06. The van der Waals surface area contributed by atoms with Gasteiger partial charge in [0.1, 0.15) is 0 Å². The molecule has 0 aromatic heterocycles. The standard InChI is InChI=1S/C27H50O4/c1-3-5-7-8-9-10-11-12-13-14-15-16-17-18-20-25-31-27(29)23-21-22-26(28)30-24-19-6-4-2/h4H,2-3,5-25H2,1H3. The zero-order valence-corrected chi connectivity index (χ0v) is 20.5. The number of rotatable bonds is 24. The van der Waals surface area contributed by atoms with Crippen LogP contribution in [0.1, 0.15) is 135 Å². The Hall–Kier alpha value is -1.32. The average molecular weight is 439 g/mol. The van der Waals surface area contributed by atoms with E-state index < -0.39 is 0 Å². The van der Waals surface area contributed by atoms with Crippen LogP contribution in [0.15, 0.2) is 12.7 Å². The molecule has 0 aliphatic heterocycles. The molecule has 182 valence electrons. The van der Waals surface area contributed by atoms with Gasteiger partial charge in [0.2, 0.25) is 0 Å². The summed E-state index contributed by atoms with van der Waals surface area (Å²) in [5.41, 5.74) is 0. The van der Waals surface area contributed by atoms with Gasteiger partial charge in [-0.05, 0) is 25.7 Å². The van der Waals surface area contributed by atoms with Crippen molar-refractivity contribution in [1.29, 1.82) is 0 Å². The minimum atomic E-state index is -0.237. The summed E-state index contributed by atoms with van der Waals surface area (Å²) in [6.07, 6.45) is 24.4. The number of ether oxygens (including phenoxy) is 2. The summed E-state index contributed by atoms with van der Waals surface area (Å²) in [5, 5.41) is 0. The molecule has 0 unspecified atom stereocenters. The predicted octanol–water partition coefficient (Wildman–Crippen LogP) is 8.08. The number of allylic oxidation sites excluding steroid dienone is 1. The minimum absolute atomic E-state index is 0.204. The maximum atomic E-state index is 11.7. The van der Waals surface area contributed by atoms with Crippen molar-refractivity contribution < 1.29 is 19.1 Å². The van der Waals surface area contributed by atoms with Gasteiger partial charge in [-0.3, -0.25) is 9.59 Å². The van der Waals surface area contributed by atoms with Crippen LogP contribution in [0.4, 0.5) is 0 Å². The molecule has 0 saturated heterocycles. The zero-order chi connectivity index (χ0) is 22.8. The van der Waals surface area contributed by atoms with E-state index in [0.29, 0.717) is 26.1 Å². The van der Waals surface area contributed by atoms with E-state index in [1.54, 1.807) is 0 Å². The van der Waals surface area contributed by atoms with Crippen LogP contribution < -0.4 is 0 Å². The lowest BCUT2D eigenvalue weighted by molar-refractivity contribution is -0.145. The smallest absolute Gasteiger partial charge is 0.305 e. The molecule has 0 saturated carbocycles. The Morgan fingerprint density at radius 2 is 0.968 bits per heavy atom. The van der Waals surface area contributed by atoms with Gasteiger partial charge in [-0.15, -0.1) is 6.58 Å². The molecule has 4 nitrogen and oxygen atoms in total. The second-order valence-corrected chi connectivity index (χ2v) is 8.68. The van der Waals surface area contributed by atoms with E-state index in [1.807, 2.05) is 6.08 Å². The molecule has 0 atom stereocenters. The zero-order valence-electron chi connectivity index (χ0n) is 20.5. The lowest BCUT2D eigenvalue weighted by atomic mass is 10.0. The molecule has 0 amide bonds. The molecule has 0 radical (unpaired) electrons. The Bertz CT molecular complexity index is 419. The van der Waals surface area contributed by atoms with Crippen LogP contribution in [0.25, 0.3) is 0 Å². The third-order valence-electron chi connectivity index (χ3n) is 5.59. The highest BCUT2D eigenvalue weighted by Gasteiger charge is 2.07. The molecule has 31 heavy (non-hydrogen) atoms. The van der Waals surface area contributed by atoms with Gasteiger partial charge in [0.25, 0.3) is 0 Å². The van der Waals surface area contributed by atoms with Crippen molar-refractivity contribution in [2.45, 2.75) is 135 Å². The largest absolute Gasteiger partial charge is 0.466 e. The third kappa shape index (κ3) is 24.8. The first-order valence-electron chi connectivity index (χ1n) is 13.1. The van der Waals surface area contributed by atoms with Gasteiger partial charge in [-0.2, -0.15) is 0 Å². The predicted molar refractivity (Wildman–Crippen MR) is 130 cm³/mol. The average Bonchev–Trinajstić information content (AvgIpc) is 2.76. The SMILES string of the molecule is C=CCCCOC(=O)CCCC(=O)OCCCCCCCCCCCCCCCCC. The van der Waals surface area contributed by atoms with Crippen molar-refractivity contribution in [1.82, 2.24) is 0 Å². The van der Waals surface area contributed by atoms with Crippen molar-refractivity contribution >= 4 is 11.9 Å². The molecule has 0 fully saturated rings. The summed E-state index contributed by atoms with van der Waals surface area (Å²) in [6, 6.07) is 0. The van der Waals surface area contributed by atoms with Gasteiger partial charge >= 0.3 is 11.9 Å². The normalized spacial score (nSPS) is 10.7. The van der Waals surface area contributed by atoms with E-state index >= 15 is 0 Å². The fraction of sp³-hybridized carbons (Fsp3) is 0.852. The number of esters is 2. The number of hydrogen-bond acceptors (Lipinski definition) is 4. The van der Waals surface area contributed by atoms with E-state index in [9.17, 15) is 9.59 Å². The highest BCUT2D eigenvalue weighted by Crippen LogP contribution is 2.13. The second kappa shape index (κ2) is 24.9. The molecule has 0 aliphatic carbocycles. The van der Waals surface area contributed by atoms with E-state index in [0.717, 1.165) is 25.7 Å². The van der Waals surface area contributed by atoms with E-state index in [1.165, 1.54) is 83.5 Å². The van der Waals surface area contributed by atoms with Gasteiger partial charge in [0.15, 0.2) is 0 Å². The number of hydrogen-bond donors (Lipinski definition) is 0. The van der Waals surface area contributed by atoms with Gasteiger partial charge in [-0.1, -0.05) is 103 Å². The maximum Gasteiger partial charge on any atom is 0.305 e. The van der Waals surface area contributed by atoms with Crippen LogP contribution in [0.3, 0.4) is 0 Å². The van der Waals surface area contributed by atoms with Gasteiger partial charge in [0, 0.05) is 12.8 Å². The monoisotopic (exact) mass is 438 g/mol. The first-order chi connectivity index (χ1) is 15.2. The van der Waals surface area contributed by atoms with Gasteiger partial charge in [-0.25, -0.2) is 0 Å². The van der Waals surface area contributed by atoms with Crippen molar-refractivity contribution in [3.8, 4) is 0 Å². The van der Waals surface area contributed by atoms with Crippen molar-refractivity contribution in [3.05, 3.63) is 12.7 Å². The third-order valence-corrected chi connectivity index (χ3v) is 5.59. The van der Waals surface area contributed by atoms with Crippen LogP contribution in [0.2, 0.25) is 0 Å². The molecule has 4 heteroatoms. The van der Waals surface area contributed by atoms with Gasteiger partial charge in [0.05, 0.1) is 13.2 Å². The first-order valence-corrected chi connectivity index (χ1v) is 13.1. The Balaban J connectivity index is 3.23. The quantitative estimate of drug-likeness (QED) is 0.0868. The fourth-order valence-corrected chi connectivity index (χ4v) is 3.59. The summed E-state index contributed by atoms with van der Waals surface area (Å²) in [7, 11) is 0. The van der Waals surface area contributed by atoms with Crippen LogP contribution in [-0.4, -0.2) is 25.2 Å². The van der Waals surface area contributed by atoms with E-state index in [-0.39, 0.29) is 18.4 Å². The first kappa shape index (κ1) is 29.7. The van der Waals surface area contributed by atoms with Crippen LogP contribution in [0.5, 0.6) is 0 Å². The number of carbonyl (C=O) groups excluding carboxylic acids is 2. The summed E-state index contributed by atoms with van der Waals surface area (Å²) in [4.78, 5) is 23.2. The van der Waals surface area contributed by atoms with Crippen molar-refractivity contribution in [2.75, 3.05) is 13.2 Å². The molecule has 0 heterocycles. The maximum absolute atomic E-state index is 11.7. The fourth-order valence-electron chi connectivity index (χ4n) is 3.59. The molecule has 0 rings (SSSR count). The van der Waals surface area contributed by atoms with Crippen LogP contribution in [-0.2, 0) is 19.1 Å². The van der Waals surface area contributed by atoms with Crippen LogP contribution in [0, 0.1) is 0 Å². The highest BCUT2D eigenvalue weighted by atomic mass is 16.5. The Kier molecular flexibility index (Phi) is 23.9. The summed E-state index contributed by atoms with van der Waals surface area (Å²) < 4.78 is 10.3. The molecule has 0 aromatic rings. The highest BCUT2D eigenvalue weighted by molar-refractivity contribution is 5.72. The lowest BCUT2D eigenvalue weighted by Crippen LogP contribution is -2.09. The molecular weight excluding hydrogens is 388 g/mol. The molecule has 0 spiro atoms. The summed E-state index contributed by atoms with van der Waals surface area (Å²) >= 11 is 0. The van der Waals surface area contributed by atoms with Crippen molar-refractivity contribution in [3.63, 3.8) is 0 Å². The molecule has 0 N–H and O–H groups in total. The summed E-state index contributed by atoms with van der Waals surface area (Å²) in [5.74, 6) is -0.441. The molecule has 0 bridgehead atoms. The van der Waals surface area contributed by atoms with E-state index in [2.05, 4.69) is 13.5 Å². The Labute approximate surface area is 192 Å².